The normalized spacial score (nSPS) is 21.1. The summed E-state index contributed by atoms with van der Waals surface area (Å²) in [5.74, 6) is 0. The second-order valence-electron chi connectivity index (χ2n) is 6.86. The van der Waals surface area contributed by atoms with Crippen molar-refractivity contribution in [1.29, 1.82) is 0 Å². The Morgan fingerprint density at radius 3 is 2.75 bits per heavy atom. The molecular weight excluding hydrogens is 302 g/mol. The summed E-state index contributed by atoms with van der Waals surface area (Å²) in [5, 5.41) is 25.2. The second kappa shape index (κ2) is 7.47. The van der Waals surface area contributed by atoms with Gasteiger partial charge < -0.3 is 10.2 Å². The fourth-order valence-electron chi connectivity index (χ4n) is 3.69. The molecule has 130 valence electrons. The number of β-amino-alcohol motifs (C(OH)–C–C–N with tert-alkyl or cyclic N) is 1. The minimum Gasteiger partial charge on any atom is -0.388 e. The molecule has 2 heterocycles. The van der Waals surface area contributed by atoms with Crippen LogP contribution in [-0.2, 0) is 7.05 Å². The summed E-state index contributed by atoms with van der Waals surface area (Å²) in [5.41, 5.74) is 2.98. The van der Waals surface area contributed by atoms with Crippen LogP contribution in [0.1, 0.15) is 48.2 Å². The standard InChI is InChI=1S/C19H27N3O2/c1-14-6-3-4-8-17(14)19(24)13-22-9-5-7-16(22)10-18(23)15-11-20-21(2)12-15/h3-4,6,8,11-12,16,18-19,23-24H,5,7,9-10,13H2,1-2H3. The van der Waals surface area contributed by atoms with Crippen molar-refractivity contribution in [2.75, 3.05) is 13.1 Å². The van der Waals surface area contributed by atoms with Gasteiger partial charge >= 0.3 is 0 Å². The van der Waals surface area contributed by atoms with Gasteiger partial charge in [0.05, 0.1) is 18.4 Å². The first-order chi connectivity index (χ1) is 11.5. The smallest absolute Gasteiger partial charge is 0.0919 e. The molecule has 0 saturated carbocycles. The number of hydrogen-bond donors (Lipinski definition) is 2. The van der Waals surface area contributed by atoms with Crippen molar-refractivity contribution < 1.29 is 10.2 Å². The molecular formula is C19H27N3O2. The van der Waals surface area contributed by atoms with Crippen LogP contribution in [0.2, 0.25) is 0 Å². The number of aliphatic hydroxyl groups is 2. The second-order valence-corrected chi connectivity index (χ2v) is 6.86. The molecule has 1 fully saturated rings. The predicted molar refractivity (Wildman–Crippen MR) is 93.5 cm³/mol. The average Bonchev–Trinajstić information content (AvgIpc) is 3.17. The lowest BCUT2D eigenvalue weighted by Crippen LogP contribution is -2.34. The number of nitrogens with zero attached hydrogens (tertiary/aromatic N) is 3. The van der Waals surface area contributed by atoms with Gasteiger partial charge in [-0.3, -0.25) is 9.58 Å². The largest absolute Gasteiger partial charge is 0.388 e. The molecule has 1 aliphatic rings. The highest BCUT2D eigenvalue weighted by atomic mass is 16.3. The van der Waals surface area contributed by atoms with E-state index in [-0.39, 0.29) is 0 Å². The molecule has 2 N–H and O–H groups in total. The molecule has 0 bridgehead atoms. The maximum atomic E-state index is 10.6. The third kappa shape index (κ3) is 3.86. The van der Waals surface area contributed by atoms with Gasteiger partial charge in [0.1, 0.15) is 0 Å². The van der Waals surface area contributed by atoms with Crippen molar-refractivity contribution in [3.63, 3.8) is 0 Å². The van der Waals surface area contributed by atoms with Crippen LogP contribution in [0.25, 0.3) is 0 Å². The summed E-state index contributed by atoms with van der Waals surface area (Å²) in [6.45, 7) is 3.63. The van der Waals surface area contributed by atoms with Gasteiger partial charge in [-0.25, -0.2) is 0 Å². The van der Waals surface area contributed by atoms with Crippen molar-refractivity contribution in [2.45, 2.75) is 44.4 Å². The maximum Gasteiger partial charge on any atom is 0.0919 e. The minimum atomic E-state index is -0.500. The van der Waals surface area contributed by atoms with Crippen LogP contribution >= 0.6 is 0 Å². The van der Waals surface area contributed by atoms with Crippen LogP contribution in [0.4, 0.5) is 0 Å². The first-order valence-electron chi connectivity index (χ1n) is 8.69. The molecule has 0 spiro atoms. The SMILES string of the molecule is Cc1ccccc1C(O)CN1CCCC1CC(O)c1cnn(C)c1. The lowest BCUT2D eigenvalue weighted by atomic mass is 10.0. The maximum absolute atomic E-state index is 10.6. The van der Waals surface area contributed by atoms with Crippen LogP contribution in [-0.4, -0.2) is 44.0 Å². The van der Waals surface area contributed by atoms with E-state index in [0.29, 0.717) is 19.0 Å². The van der Waals surface area contributed by atoms with Crippen molar-refractivity contribution >= 4 is 0 Å². The van der Waals surface area contributed by atoms with E-state index < -0.39 is 12.2 Å². The van der Waals surface area contributed by atoms with Crippen LogP contribution in [0.5, 0.6) is 0 Å². The van der Waals surface area contributed by atoms with E-state index in [1.807, 2.05) is 44.4 Å². The van der Waals surface area contributed by atoms with E-state index in [9.17, 15) is 10.2 Å². The lowest BCUT2D eigenvalue weighted by molar-refractivity contribution is 0.0781. The van der Waals surface area contributed by atoms with Gasteiger partial charge in [-0.05, 0) is 43.9 Å². The van der Waals surface area contributed by atoms with Gasteiger partial charge in [0.2, 0.25) is 0 Å². The zero-order chi connectivity index (χ0) is 17.1. The Kier molecular flexibility index (Phi) is 5.33. The topological polar surface area (TPSA) is 61.5 Å². The Morgan fingerprint density at radius 1 is 1.25 bits per heavy atom. The molecule has 1 aromatic carbocycles. The number of likely N-dealkylation sites (tertiary alicyclic amines) is 1. The summed E-state index contributed by atoms with van der Waals surface area (Å²) in [4.78, 5) is 2.32. The van der Waals surface area contributed by atoms with Crippen LogP contribution < -0.4 is 0 Å². The molecule has 3 unspecified atom stereocenters. The highest BCUT2D eigenvalue weighted by Gasteiger charge is 2.29. The Bertz CT molecular complexity index is 670. The first-order valence-corrected chi connectivity index (χ1v) is 8.69. The number of hydrogen-bond acceptors (Lipinski definition) is 4. The first kappa shape index (κ1) is 17.1. The number of benzene rings is 1. The van der Waals surface area contributed by atoms with Gasteiger partial charge in [0.15, 0.2) is 0 Å². The molecule has 5 nitrogen and oxygen atoms in total. The van der Waals surface area contributed by atoms with Gasteiger partial charge in [-0.1, -0.05) is 24.3 Å². The van der Waals surface area contributed by atoms with E-state index in [4.69, 9.17) is 0 Å². The third-order valence-corrected chi connectivity index (χ3v) is 5.06. The molecule has 0 amide bonds. The molecule has 0 radical (unpaired) electrons. The lowest BCUT2D eigenvalue weighted by Gasteiger charge is -2.28. The summed E-state index contributed by atoms with van der Waals surface area (Å²) in [6.07, 6.45) is 5.48. The van der Waals surface area contributed by atoms with Gasteiger partial charge in [0, 0.05) is 31.4 Å². The molecule has 1 aromatic heterocycles. The highest BCUT2D eigenvalue weighted by molar-refractivity contribution is 5.27. The van der Waals surface area contributed by atoms with Crippen LogP contribution in [0, 0.1) is 6.92 Å². The van der Waals surface area contributed by atoms with Crippen LogP contribution in [0.3, 0.4) is 0 Å². The fraction of sp³-hybridized carbons (Fsp3) is 0.526. The Morgan fingerprint density at radius 2 is 2.04 bits per heavy atom. The zero-order valence-electron chi connectivity index (χ0n) is 14.5. The summed E-state index contributed by atoms with van der Waals surface area (Å²) >= 11 is 0. The van der Waals surface area contributed by atoms with E-state index in [1.165, 1.54) is 0 Å². The fourth-order valence-corrected chi connectivity index (χ4v) is 3.69. The molecule has 5 heteroatoms. The number of aromatic nitrogens is 2. The van der Waals surface area contributed by atoms with Crippen molar-refractivity contribution in [3.05, 3.63) is 53.3 Å². The minimum absolute atomic E-state index is 0.305. The van der Waals surface area contributed by atoms with Crippen molar-refractivity contribution in [2.24, 2.45) is 7.05 Å². The Hall–Kier alpha value is -1.69. The average molecular weight is 329 g/mol. The van der Waals surface area contributed by atoms with E-state index in [2.05, 4.69) is 10.00 Å². The van der Waals surface area contributed by atoms with Crippen LogP contribution in [0.15, 0.2) is 36.7 Å². The number of aryl methyl sites for hydroxylation is 2. The quantitative estimate of drug-likeness (QED) is 0.854. The van der Waals surface area contributed by atoms with Crippen molar-refractivity contribution in [3.8, 4) is 0 Å². The number of aliphatic hydroxyl groups excluding tert-OH is 2. The molecule has 0 aliphatic carbocycles. The van der Waals surface area contributed by atoms with Gasteiger partial charge in [-0.15, -0.1) is 0 Å². The van der Waals surface area contributed by atoms with Crippen molar-refractivity contribution in [1.82, 2.24) is 14.7 Å². The predicted octanol–water partition coefficient (Wildman–Crippen LogP) is 2.35. The third-order valence-electron chi connectivity index (χ3n) is 5.06. The molecule has 3 atom stereocenters. The van der Waals surface area contributed by atoms with Gasteiger partial charge in [0.25, 0.3) is 0 Å². The Labute approximate surface area is 143 Å². The molecule has 1 saturated heterocycles. The summed E-state index contributed by atoms with van der Waals surface area (Å²) in [6, 6.07) is 8.30. The van der Waals surface area contributed by atoms with Gasteiger partial charge in [-0.2, -0.15) is 5.10 Å². The van der Waals surface area contributed by atoms with E-state index in [1.54, 1.807) is 10.9 Å². The van der Waals surface area contributed by atoms with E-state index in [0.717, 1.165) is 36.1 Å². The zero-order valence-corrected chi connectivity index (χ0v) is 14.5. The number of rotatable bonds is 6. The molecule has 24 heavy (non-hydrogen) atoms. The Balaban J connectivity index is 1.62. The summed E-state index contributed by atoms with van der Waals surface area (Å²) in [7, 11) is 1.86. The molecule has 2 aromatic rings. The van der Waals surface area contributed by atoms with E-state index >= 15 is 0 Å². The molecule has 1 aliphatic heterocycles. The monoisotopic (exact) mass is 329 g/mol. The summed E-state index contributed by atoms with van der Waals surface area (Å²) < 4.78 is 1.72. The highest BCUT2D eigenvalue weighted by Crippen LogP contribution is 2.29. The molecule has 3 rings (SSSR count).